The molecule has 0 fully saturated rings. The number of aliphatic imine (C=N–C) groups is 1. The van der Waals surface area contributed by atoms with Crippen LogP contribution in [0.15, 0.2) is 23.2 Å². The van der Waals surface area contributed by atoms with Gasteiger partial charge in [0, 0.05) is 19.6 Å². The summed E-state index contributed by atoms with van der Waals surface area (Å²) in [5.41, 5.74) is 4.09. The highest BCUT2D eigenvalue weighted by molar-refractivity contribution is 5.79. The van der Waals surface area contributed by atoms with E-state index in [-0.39, 0.29) is 0 Å². The van der Waals surface area contributed by atoms with E-state index in [0.29, 0.717) is 6.04 Å². The molecule has 106 valence electrons. The number of benzene rings is 1. The summed E-state index contributed by atoms with van der Waals surface area (Å²) in [6, 6.07) is 7.08. The lowest BCUT2D eigenvalue weighted by Crippen LogP contribution is -2.42. The van der Waals surface area contributed by atoms with Gasteiger partial charge in [-0.2, -0.15) is 0 Å². The van der Waals surface area contributed by atoms with Gasteiger partial charge in [-0.1, -0.05) is 30.7 Å². The van der Waals surface area contributed by atoms with E-state index < -0.39 is 0 Å². The summed E-state index contributed by atoms with van der Waals surface area (Å²) in [6.07, 6.45) is 2.12. The minimum absolute atomic E-state index is 0.451. The fourth-order valence-electron chi connectivity index (χ4n) is 1.97. The van der Waals surface area contributed by atoms with Gasteiger partial charge < -0.3 is 10.6 Å². The first-order chi connectivity index (χ1) is 9.06. The number of hydrogen-bond donors (Lipinski definition) is 2. The van der Waals surface area contributed by atoms with E-state index >= 15 is 0 Å². The minimum atomic E-state index is 0.451. The number of aryl methyl sites for hydroxylation is 2. The number of guanidine groups is 1. The Morgan fingerprint density at radius 2 is 2.05 bits per heavy atom. The average Bonchev–Trinajstić information content (AvgIpc) is 2.39. The van der Waals surface area contributed by atoms with E-state index in [0.717, 1.165) is 25.3 Å². The van der Waals surface area contributed by atoms with Crippen molar-refractivity contribution in [3.8, 4) is 0 Å². The van der Waals surface area contributed by atoms with E-state index in [9.17, 15) is 0 Å². The minimum Gasteiger partial charge on any atom is -0.356 e. The highest BCUT2D eigenvalue weighted by atomic mass is 15.2. The Labute approximate surface area is 117 Å². The molecular formula is C16H27N3. The first kappa shape index (κ1) is 15.5. The molecule has 0 radical (unpaired) electrons. The molecule has 0 aromatic heterocycles. The van der Waals surface area contributed by atoms with Gasteiger partial charge in [-0.05, 0) is 44.7 Å². The van der Waals surface area contributed by atoms with Gasteiger partial charge in [0.15, 0.2) is 5.96 Å². The zero-order chi connectivity index (χ0) is 14.3. The van der Waals surface area contributed by atoms with E-state index in [1.165, 1.54) is 16.7 Å². The van der Waals surface area contributed by atoms with Gasteiger partial charge in [-0.3, -0.25) is 4.99 Å². The maximum absolute atomic E-state index is 4.24. The third-order valence-corrected chi connectivity index (χ3v) is 3.40. The second kappa shape index (κ2) is 7.82. The van der Waals surface area contributed by atoms with E-state index in [1.807, 2.05) is 7.05 Å². The summed E-state index contributed by atoms with van der Waals surface area (Å²) in [5, 5.41) is 6.73. The molecule has 0 aliphatic heterocycles. The summed E-state index contributed by atoms with van der Waals surface area (Å²) in [6.45, 7) is 9.54. The third-order valence-electron chi connectivity index (χ3n) is 3.40. The molecule has 3 nitrogen and oxygen atoms in total. The summed E-state index contributed by atoms with van der Waals surface area (Å²) >= 11 is 0. The Bertz CT molecular complexity index is 424. The Kier molecular flexibility index (Phi) is 6.40. The molecule has 1 atom stereocenters. The molecule has 0 bridgehead atoms. The van der Waals surface area contributed by atoms with Crippen molar-refractivity contribution in [1.29, 1.82) is 0 Å². The van der Waals surface area contributed by atoms with Crippen LogP contribution in [0.4, 0.5) is 0 Å². The van der Waals surface area contributed by atoms with E-state index in [1.54, 1.807) is 0 Å². The molecular weight excluding hydrogens is 234 g/mol. The Morgan fingerprint density at radius 3 is 2.63 bits per heavy atom. The molecule has 2 N–H and O–H groups in total. The molecule has 0 aliphatic carbocycles. The maximum atomic E-state index is 4.24. The van der Waals surface area contributed by atoms with Gasteiger partial charge in [-0.25, -0.2) is 0 Å². The van der Waals surface area contributed by atoms with Gasteiger partial charge >= 0.3 is 0 Å². The molecule has 1 rings (SSSR count). The summed E-state index contributed by atoms with van der Waals surface area (Å²) in [7, 11) is 1.81. The Morgan fingerprint density at radius 1 is 1.32 bits per heavy atom. The van der Waals surface area contributed by atoms with Crippen LogP contribution in [-0.4, -0.2) is 25.6 Å². The predicted octanol–water partition coefficient (Wildman–Crippen LogP) is 2.81. The molecule has 0 aliphatic rings. The number of hydrogen-bond acceptors (Lipinski definition) is 1. The van der Waals surface area contributed by atoms with Crippen molar-refractivity contribution in [2.75, 3.05) is 13.6 Å². The highest BCUT2D eigenvalue weighted by Crippen LogP contribution is 2.10. The van der Waals surface area contributed by atoms with Crippen LogP contribution in [0.25, 0.3) is 0 Å². The lowest BCUT2D eigenvalue weighted by Gasteiger charge is -2.16. The molecule has 1 unspecified atom stereocenters. The predicted molar refractivity (Wildman–Crippen MR) is 83.9 cm³/mol. The lowest BCUT2D eigenvalue weighted by molar-refractivity contribution is 0.624. The number of nitrogens with one attached hydrogen (secondary N) is 2. The molecule has 0 saturated heterocycles. The van der Waals surface area contributed by atoms with Crippen LogP contribution in [0.3, 0.4) is 0 Å². The fraction of sp³-hybridized carbons (Fsp3) is 0.562. The molecule has 3 heteroatoms. The van der Waals surface area contributed by atoms with Gasteiger partial charge in [0.2, 0.25) is 0 Å². The molecule has 0 heterocycles. The van der Waals surface area contributed by atoms with Gasteiger partial charge in [-0.15, -0.1) is 0 Å². The fourth-order valence-corrected chi connectivity index (χ4v) is 1.97. The Balaban J connectivity index is 2.44. The van der Waals surface area contributed by atoms with Crippen LogP contribution in [0.5, 0.6) is 0 Å². The second-order valence-electron chi connectivity index (χ2n) is 5.13. The van der Waals surface area contributed by atoms with Crippen molar-refractivity contribution in [2.24, 2.45) is 4.99 Å². The number of nitrogens with zero attached hydrogens (tertiary/aromatic N) is 1. The standard InChI is InChI=1S/C16H27N3/c1-6-14(4)19-16(17-5)18-10-9-15-8-7-12(2)11-13(15)3/h7-8,11,14H,6,9-10H2,1-5H3,(H2,17,18,19). The zero-order valence-electron chi connectivity index (χ0n) is 12.9. The zero-order valence-corrected chi connectivity index (χ0v) is 12.9. The van der Waals surface area contributed by atoms with Crippen LogP contribution in [0, 0.1) is 13.8 Å². The third kappa shape index (κ3) is 5.33. The van der Waals surface area contributed by atoms with Crippen LogP contribution < -0.4 is 10.6 Å². The quantitative estimate of drug-likeness (QED) is 0.631. The SMILES string of the molecule is CCC(C)NC(=NC)NCCc1ccc(C)cc1C. The summed E-state index contributed by atoms with van der Waals surface area (Å²) < 4.78 is 0. The van der Waals surface area contributed by atoms with Crippen molar-refractivity contribution < 1.29 is 0 Å². The molecule has 1 aromatic carbocycles. The van der Waals surface area contributed by atoms with E-state index in [2.05, 4.69) is 61.5 Å². The largest absolute Gasteiger partial charge is 0.356 e. The monoisotopic (exact) mass is 261 g/mol. The van der Waals surface area contributed by atoms with Crippen LogP contribution in [0.1, 0.15) is 37.0 Å². The molecule has 1 aromatic rings. The molecule has 0 amide bonds. The maximum Gasteiger partial charge on any atom is 0.191 e. The molecule has 0 spiro atoms. The van der Waals surface area contributed by atoms with Gasteiger partial charge in [0.05, 0.1) is 0 Å². The van der Waals surface area contributed by atoms with Crippen molar-refractivity contribution >= 4 is 5.96 Å². The van der Waals surface area contributed by atoms with Crippen LogP contribution >= 0.6 is 0 Å². The topological polar surface area (TPSA) is 36.4 Å². The summed E-state index contributed by atoms with van der Waals surface area (Å²) in [4.78, 5) is 4.24. The molecule has 19 heavy (non-hydrogen) atoms. The van der Waals surface area contributed by atoms with Crippen molar-refractivity contribution in [2.45, 2.75) is 46.6 Å². The normalized spacial score (nSPS) is 13.2. The van der Waals surface area contributed by atoms with Crippen LogP contribution in [-0.2, 0) is 6.42 Å². The first-order valence-electron chi connectivity index (χ1n) is 7.10. The van der Waals surface area contributed by atoms with Crippen molar-refractivity contribution in [1.82, 2.24) is 10.6 Å². The highest BCUT2D eigenvalue weighted by Gasteiger charge is 2.03. The second-order valence-corrected chi connectivity index (χ2v) is 5.13. The summed E-state index contributed by atoms with van der Waals surface area (Å²) in [5.74, 6) is 0.888. The number of rotatable bonds is 5. The van der Waals surface area contributed by atoms with Gasteiger partial charge in [0.1, 0.15) is 0 Å². The van der Waals surface area contributed by atoms with Crippen molar-refractivity contribution in [3.63, 3.8) is 0 Å². The molecule has 0 saturated carbocycles. The van der Waals surface area contributed by atoms with Gasteiger partial charge in [0.25, 0.3) is 0 Å². The van der Waals surface area contributed by atoms with Crippen molar-refractivity contribution in [3.05, 3.63) is 34.9 Å². The lowest BCUT2D eigenvalue weighted by atomic mass is 10.0. The Hall–Kier alpha value is -1.51. The average molecular weight is 261 g/mol. The first-order valence-corrected chi connectivity index (χ1v) is 7.10. The smallest absolute Gasteiger partial charge is 0.191 e. The van der Waals surface area contributed by atoms with Crippen LogP contribution in [0.2, 0.25) is 0 Å². The van der Waals surface area contributed by atoms with E-state index in [4.69, 9.17) is 0 Å².